The van der Waals surface area contributed by atoms with Crippen molar-refractivity contribution >= 4 is 0 Å². The van der Waals surface area contributed by atoms with Crippen molar-refractivity contribution in [2.24, 2.45) is 0 Å². The summed E-state index contributed by atoms with van der Waals surface area (Å²) in [5, 5.41) is 0. The Bertz CT molecular complexity index is 297. The van der Waals surface area contributed by atoms with Crippen LogP contribution in [-0.4, -0.2) is 0 Å². The van der Waals surface area contributed by atoms with Gasteiger partial charge in [-0.25, -0.2) is 0 Å². The second-order valence-electron chi connectivity index (χ2n) is 3.48. The van der Waals surface area contributed by atoms with Gasteiger partial charge in [0.1, 0.15) is 6.10 Å². The van der Waals surface area contributed by atoms with Gasteiger partial charge in [0, 0.05) is 0 Å². The van der Waals surface area contributed by atoms with Gasteiger partial charge < -0.3 is 4.74 Å². The predicted molar refractivity (Wildman–Crippen MR) is 53.4 cm³/mol. The highest BCUT2D eigenvalue weighted by Gasteiger charge is 2.12. The smallest absolute Gasteiger partial charge is 0.123 e. The Kier molecular flexibility index (Phi) is 2.35. The zero-order valence-corrected chi connectivity index (χ0v) is 7.86. The van der Waals surface area contributed by atoms with Crippen molar-refractivity contribution in [2.45, 2.75) is 25.9 Å². The van der Waals surface area contributed by atoms with Gasteiger partial charge >= 0.3 is 0 Å². The molecule has 1 aromatic rings. The van der Waals surface area contributed by atoms with Gasteiger partial charge in [0.15, 0.2) is 0 Å². The van der Waals surface area contributed by atoms with Crippen molar-refractivity contribution in [1.82, 2.24) is 0 Å². The van der Waals surface area contributed by atoms with Gasteiger partial charge in [0.2, 0.25) is 0 Å². The number of hydrogen-bond acceptors (Lipinski definition) is 1. The van der Waals surface area contributed by atoms with Crippen LogP contribution in [0.4, 0.5) is 0 Å². The van der Waals surface area contributed by atoms with Gasteiger partial charge in [-0.05, 0) is 31.4 Å². The van der Waals surface area contributed by atoms with Gasteiger partial charge in [-0.2, -0.15) is 0 Å². The van der Waals surface area contributed by atoms with Crippen LogP contribution in [0.15, 0.2) is 36.6 Å². The first-order valence-corrected chi connectivity index (χ1v) is 4.73. The van der Waals surface area contributed by atoms with Gasteiger partial charge in [-0.1, -0.05) is 29.8 Å². The molecule has 1 heterocycles. The largest absolute Gasteiger partial charge is 0.494 e. The lowest BCUT2D eigenvalue weighted by Gasteiger charge is -2.19. The van der Waals surface area contributed by atoms with Crippen LogP contribution in [0.2, 0.25) is 0 Å². The van der Waals surface area contributed by atoms with Crippen LogP contribution in [0.1, 0.15) is 30.1 Å². The van der Waals surface area contributed by atoms with Crippen molar-refractivity contribution in [3.8, 4) is 0 Å². The molecule has 0 aliphatic carbocycles. The summed E-state index contributed by atoms with van der Waals surface area (Å²) in [6.45, 7) is 2.10. The molecule has 1 unspecified atom stereocenters. The van der Waals surface area contributed by atoms with Crippen LogP contribution < -0.4 is 0 Å². The zero-order chi connectivity index (χ0) is 9.10. The molecule has 68 valence electrons. The van der Waals surface area contributed by atoms with E-state index in [1.807, 2.05) is 6.26 Å². The molecule has 0 fully saturated rings. The third-order valence-electron chi connectivity index (χ3n) is 2.38. The van der Waals surface area contributed by atoms with E-state index >= 15 is 0 Å². The molecule has 1 atom stereocenters. The van der Waals surface area contributed by atoms with Gasteiger partial charge in [0.05, 0.1) is 6.26 Å². The second-order valence-corrected chi connectivity index (χ2v) is 3.48. The lowest BCUT2D eigenvalue weighted by Crippen LogP contribution is -2.03. The Morgan fingerprint density at radius 3 is 2.62 bits per heavy atom. The molecule has 13 heavy (non-hydrogen) atoms. The van der Waals surface area contributed by atoms with Crippen molar-refractivity contribution < 1.29 is 4.74 Å². The van der Waals surface area contributed by atoms with Crippen molar-refractivity contribution in [3.63, 3.8) is 0 Å². The highest BCUT2D eigenvalue weighted by Crippen LogP contribution is 2.26. The molecule has 0 amide bonds. The summed E-state index contributed by atoms with van der Waals surface area (Å²) in [6.07, 6.45) is 6.38. The van der Waals surface area contributed by atoms with Crippen molar-refractivity contribution in [2.75, 3.05) is 0 Å². The third kappa shape index (κ3) is 1.92. The van der Waals surface area contributed by atoms with Crippen LogP contribution in [0.3, 0.4) is 0 Å². The minimum absolute atomic E-state index is 0.269. The van der Waals surface area contributed by atoms with Crippen molar-refractivity contribution in [1.29, 1.82) is 0 Å². The summed E-state index contributed by atoms with van der Waals surface area (Å²) < 4.78 is 5.52. The summed E-state index contributed by atoms with van der Waals surface area (Å²) in [4.78, 5) is 0. The average Bonchev–Trinajstić information content (AvgIpc) is 2.20. The number of ether oxygens (including phenoxy) is 1. The maximum atomic E-state index is 5.52. The molecule has 0 aromatic heterocycles. The molecule has 0 saturated heterocycles. The molecule has 1 nitrogen and oxygen atoms in total. The standard InChI is InChI=1S/C12H14O/c1-10-5-7-11(8-6-10)12-4-2-3-9-13-12/h3,5-9,12H,2,4H2,1H3. The van der Waals surface area contributed by atoms with Crippen molar-refractivity contribution in [3.05, 3.63) is 47.7 Å². The topological polar surface area (TPSA) is 9.23 Å². The third-order valence-corrected chi connectivity index (χ3v) is 2.38. The quantitative estimate of drug-likeness (QED) is 0.634. The molecule has 0 bridgehead atoms. The van der Waals surface area contributed by atoms with Gasteiger partial charge in [-0.15, -0.1) is 0 Å². The Hall–Kier alpha value is -1.24. The summed E-state index contributed by atoms with van der Waals surface area (Å²) in [5.41, 5.74) is 2.59. The summed E-state index contributed by atoms with van der Waals surface area (Å²) in [5.74, 6) is 0. The first kappa shape index (κ1) is 8.36. The van der Waals surface area contributed by atoms with Crippen LogP contribution in [0.5, 0.6) is 0 Å². The fraction of sp³-hybridized carbons (Fsp3) is 0.333. The number of allylic oxidation sites excluding steroid dienone is 1. The van der Waals surface area contributed by atoms with E-state index in [4.69, 9.17) is 4.74 Å². The van der Waals surface area contributed by atoms with E-state index < -0.39 is 0 Å². The first-order valence-electron chi connectivity index (χ1n) is 4.73. The minimum atomic E-state index is 0.269. The van der Waals surface area contributed by atoms with E-state index in [2.05, 4.69) is 37.3 Å². The molecule has 1 aromatic carbocycles. The normalized spacial score (nSPS) is 21.2. The highest BCUT2D eigenvalue weighted by atomic mass is 16.5. The fourth-order valence-electron chi connectivity index (χ4n) is 1.56. The summed E-state index contributed by atoms with van der Waals surface area (Å²) in [7, 11) is 0. The van der Waals surface area contributed by atoms with E-state index in [1.165, 1.54) is 11.1 Å². The SMILES string of the molecule is Cc1ccc(C2CCC=CO2)cc1. The molecule has 0 N–H and O–H groups in total. The van der Waals surface area contributed by atoms with E-state index in [-0.39, 0.29) is 6.10 Å². The molecule has 0 saturated carbocycles. The van der Waals surface area contributed by atoms with E-state index in [1.54, 1.807) is 0 Å². The molecule has 0 radical (unpaired) electrons. The zero-order valence-electron chi connectivity index (χ0n) is 7.86. The summed E-state index contributed by atoms with van der Waals surface area (Å²) >= 11 is 0. The highest BCUT2D eigenvalue weighted by molar-refractivity contribution is 5.23. The lowest BCUT2D eigenvalue weighted by molar-refractivity contribution is 0.125. The number of benzene rings is 1. The monoisotopic (exact) mass is 174 g/mol. The van der Waals surface area contributed by atoms with Crippen LogP contribution in [-0.2, 0) is 4.74 Å². The maximum Gasteiger partial charge on any atom is 0.123 e. The molecule has 1 aliphatic rings. The average molecular weight is 174 g/mol. The second kappa shape index (κ2) is 3.65. The Morgan fingerprint density at radius 1 is 1.23 bits per heavy atom. The number of rotatable bonds is 1. The minimum Gasteiger partial charge on any atom is -0.494 e. The lowest BCUT2D eigenvalue weighted by atomic mass is 10.0. The molecule has 0 spiro atoms. The summed E-state index contributed by atoms with van der Waals surface area (Å²) in [6, 6.07) is 8.58. The molecule has 2 rings (SSSR count). The maximum absolute atomic E-state index is 5.52. The van der Waals surface area contributed by atoms with Crippen LogP contribution in [0.25, 0.3) is 0 Å². The van der Waals surface area contributed by atoms with Gasteiger partial charge in [-0.3, -0.25) is 0 Å². The first-order chi connectivity index (χ1) is 6.36. The Morgan fingerprint density at radius 2 is 2.00 bits per heavy atom. The Labute approximate surface area is 79.0 Å². The molecular weight excluding hydrogens is 160 g/mol. The predicted octanol–water partition coefficient (Wildman–Crippen LogP) is 3.36. The number of aryl methyl sites for hydroxylation is 1. The van der Waals surface area contributed by atoms with Gasteiger partial charge in [0.25, 0.3) is 0 Å². The van der Waals surface area contributed by atoms with Crippen LogP contribution >= 0.6 is 0 Å². The fourth-order valence-corrected chi connectivity index (χ4v) is 1.56. The Balaban J connectivity index is 2.15. The van der Waals surface area contributed by atoms with E-state index in [9.17, 15) is 0 Å². The number of hydrogen-bond donors (Lipinski definition) is 0. The molecule has 1 heteroatoms. The van der Waals surface area contributed by atoms with E-state index in [0.29, 0.717) is 0 Å². The molecule has 1 aliphatic heterocycles. The van der Waals surface area contributed by atoms with E-state index in [0.717, 1.165) is 12.8 Å². The van der Waals surface area contributed by atoms with Crippen LogP contribution in [0, 0.1) is 6.92 Å². The molecular formula is C12H14O.